The number of para-hydroxylation sites is 2. The fraction of sp³-hybridized carbons (Fsp3) is 0.0455. The maximum atomic E-state index is 13.0. The zero-order valence-corrected chi connectivity index (χ0v) is 17.7. The molecule has 0 saturated carbocycles. The molecule has 4 rings (SSSR count). The Kier molecular flexibility index (Phi) is 5.62. The highest BCUT2D eigenvalue weighted by atomic mass is 32.2. The van der Waals surface area contributed by atoms with Crippen molar-refractivity contribution >= 4 is 43.4 Å². The number of fused-ring (bicyclic) bond motifs is 1. The van der Waals surface area contributed by atoms with Crippen molar-refractivity contribution in [2.45, 2.75) is 15.7 Å². The number of furan rings is 1. The molecule has 7 nitrogen and oxygen atoms in total. The second-order valence-corrected chi connectivity index (χ2v) is 9.69. The first-order valence-corrected chi connectivity index (χ1v) is 12.0. The molecule has 158 valence electrons. The van der Waals surface area contributed by atoms with Crippen molar-refractivity contribution in [2.75, 3.05) is 4.72 Å². The molecule has 1 atom stereocenters. The molecule has 0 aliphatic heterocycles. The minimum absolute atomic E-state index is 0.0520. The van der Waals surface area contributed by atoms with Gasteiger partial charge in [-0.25, -0.2) is 4.79 Å². The van der Waals surface area contributed by atoms with Crippen LogP contribution in [0.15, 0.2) is 93.3 Å². The number of carboxylic acids is 1. The molecule has 9 heteroatoms. The molecule has 0 spiro atoms. The molecule has 1 aromatic heterocycles. The van der Waals surface area contributed by atoms with Gasteiger partial charge in [0.05, 0.1) is 32.7 Å². The number of benzene rings is 3. The lowest BCUT2D eigenvalue weighted by Crippen LogP contribution is -2.14. The van der Waals surface area contributed by atoms with E-state index in [-0.39, 0.29) is 27.0 Å². The average Bonchev–Trinajstić information content (AvgIpc) is 3.19. The van der Waals surface area contributed by atoms with E-state index in [1.807, 2.05) is 0 Å². The van der Waals surface area contributed by atoms with Crippen molar-refractivity contribution in [1.82, 2.24) is 0 Å². The summed E-state index contributed by atoms with van der Waals surface area (Å²) in [6.07, 6.45) is 0. The molecule has 0 fully saturated rings. The van der Waals surface area contributed by atoms with Crippen LogP contribution in [0.1, 0.15) is 15.9 Å². The highest BCUT2D eigenvalue weighted by Crippen LogP contribution is 2.28. The van der Waals surface area contributed by atoms with Gasteiger partial charge in [0.15, 0.2) is 0 Å². The lowest BCUT2D eigenvalue weighted by atomic mass is 10.1. The number of anilines is 1. The summed E-state index contributed by atoms with van der Waals surface area (Å²) in [5.41, 5.74) is 1.01. The molecule has 2 N–H and O–H groups in total. The molecule has 0 radical (unpaired) electrons. The first kappa shape index (κ1) is 20.8. The Hall–Kier alpha value is -3.43. The Labute approximate surface area is 180 Å². The van der Waals surface area contributed by atoms with Crippen LogP contribution in [-0.2, 0) is 26.6 Å². The molecule has 0 aliphatic carbocycles. The van der Waals surface area contributed by atoms with Crippen LogP contribution in [-0.4, -0.2) is 23.7 Å². The molecule has 31 heavy (non-hydrogen) atoms. The van der Waals surface area contributed by atoms with E-state index < -0.39 is 26.8 Å². The highest BCUT2D eigenvalue weighted by Gasteiger charge is 2.22. The Balaban J connectivity index is 1.64. The van der Waals surface area contributed by atoms with E-state index in [0.717, 1.165) is 0 Å². The van der Waals surface area contributed by atoms with E-state index in [4.69, 9.17) is 4.42 Å². The summed E-state index contributed by atoms with van der Waals surface area (Å²) in [7, 11) is -5.77. The van der Waals surface area contributed by atoms with E-state index in [9.17, 15) is 22.5 Å². The van der Waals surface area contributed by atoms with E-state index in [0.29, 0.717) is 16.5 Å². The highest BCUT2D eigenvalue weighted by molar-refractivity contribution is 7.92. The molecule has 0 amide bonds. The number of nitrogens with one attached hydrogen (secondary N) is 1. The number of hydrogen-bond donors (Lipinski definition) is 2. The number of sulfonamides is 1. The fourth-order valence-corrected chi connectivity index (χ4v) is 5.51. The molecule has 4 aromatic rings. The predicted molar refractivity (Wildman–Crippen MR) is 117 cm³/mol. The van der Waals surface area contributed by atoms with Crippen molar-refractivity contribution in [2.24, 2.45) is 0 Å². The minimum atomic E-state index is -4.07. The van der Waals surface area contributed by atoms with Crippen molar-refractivity contribution in [1.29, 1.82) is 0 Å². The van der Waals surface area contributed by atoms with Crippen molar-refractivity contribution in [3.05, 3.63) is 90.0 Å². The zero-order valence-electron chi connectivity index (χ0n) is 16.0. The van der Waals surface area contributed by atoms with Gasteiger partial charge in [0.25, 0.3) is 10.0 Å². The van der Waals surface area contributed by atoms with Crippen LogP contribution >= 0.6 is 0 Å². The van der Waals surface area contributed by atoms with Crippen LogP contribution in [0.5, 0.6) is 0 Å². The third kappa shape index (κ3) is 4.37. The smallest absolute Gasteiger partial charge is 0.335 e. The Morgan fingerprint density at radius 1 is 0.968 bits per heavy atom. The lowest BCUT2D eigenvalue weighted by molar-refractivity contribution is 0.0696. The predicted octanol–water partition coefficient (Wildman–Crippen LogP) is 4.24. The van der Waals surface area contributed by atoms with Crippen molar-refractivity contribution in [3.8, 4) is 0 Å². The minimum Gasteiger partial charge on any atom is -0.478 e. The van der Waals surface area contributed by atoms with Crippen LogP contribution in [0.3, 0.4) is 0 Å². The molecule has 3 aromatic carbocycles. The van der Waals surface area contributed by atoms with E-state index >= 15 is 0 Å². The Morgan fingerprint density at radius 3 is 2.42 bits per heavy atom. The van der Waals surface area contributed by atoms with Gasteiger partial charge in [0.2, 0.25) is 5.09 Å². The fourth-order valence-electron chi connectivity index (χ4n) is 3.11. The summed E-state index contributed by atoms with van der Waals surface area (Å²) < 4.78 is 46.7. The van der Waals surface area contributed by atoms with E-state index in [2.05, 4.69) is 4.72 Å². The number of carbonyl (C=O) groups is 1. The van der Waals surface area contributed by atoms with Gasteiger partial charge in [-0.2, -0.15) is 8.42 Å². The van der Waals surface area contributed by atoms with Crippen molar-refractivity contribution in [3.63, 3.8) is 0 Å². The first-order chi connectivity index (χ1) is 14.8. The number of carboxylic acid groups (broad SMARTS) is 1. The summed E-state index contributed by atoms with van der Waals surface area (Å²) in [6, 6.07) is 20.9. The first-order valence-electron chi connectivity index (χ1n) is 9.15. The maximum absolute atomic E-state index is 13.0. The maximum Gasteiger partial charge on any atom is 0.335 e. The molecule has 0 bridgehead atoms. The number of hydrogen-bond acceptors (Lipinski definition) is 5. The molecule has 1 unspecified atom stereocenters. The summed E-state index contributed by atoms with van der Waals surface area (Å²) in [5.74, 6) is -1.20. The third-order valence-corrected chi connectivity index (χ3v) is 7.22. The van der Waals surface area contributed by atoms with Gasteiger partial charge in [0, 0.05) is 11.5 Å². The van der Waals surface area contributed by atoms with E-state index in [1.54, 1.807) is 54.6 Å². The van der Waals surface area contributed by atoms with Gasteiger partial charge >= 0.3 is 5.97 Å². The van der Waals surface area contributed by atoms with Gasteiger partial charge in [-0.1, -0.05) is 48.5 Å². The number of aromatic carboxylic acids is 1. The van der Waals surface area contributed by atoms with Crippen LogP contribution in [0.4, 0.5) is 5.69 Å². The van der Waals surface area contributed by atoms with Gasteiger partial charge in [0.1, 0.15) is 5.58 Å². The van der Waals surface area contributed by atoms with Gasteiger partial charge in [-0.05, 0) is 29.8 Å². The molecular weight excluding hydrogens is 438 g/mol. The molecule has 0 aliphatic rings. The summed E-state index contributed by atoms with van der Waals surface area (Å²) in [5, 5.41) is 9.73. The van der Waals surface area contributed by atoms with Gasteiger partial charge in [-0.15, -0.1) is 0 Å². The van der Waals surface area contributed by atoms with Crippen LogP contribution in [0.25, 0.3) is 11.0 Å². The normalized spacial score (nSPS) is 12.5. The Bertz CT molecular complexity index is 1380. The van der Waals surface area contributed by atoms with Gasteiger partial charge in [-0.3, -0.25) is 8.93 Å². The topological polar surface area (TPSA) is 114 Å². The number of rotatable bonds is 7. The molecule has 1 heterocycles. The second kappa shape index (κ2) is 8.37. The summed E-state index contributed by atoms with van der Waals surface area (Å²) in [6.45, 7) is 0. The lowest BCUT2D eigenvalue weighted by Gasteiger charge is -2.12. The summed E-state index contributed by atoms with van der Waals surface area (Å²) in [4.78, 5) is 11.7. The van der Waals surface area contributed by atoms with Crippen LogP contribution in [0.2, 0.25) is 0 Å². The van der Waals surface area contributed by atoms with Crippen LogP contribution in [0, 0.1) is 0 Å². The molecule has 0 saturated heterocycles. The van der Waals surface area contributed by atoms with E-state index in [1.165, 1.54) is 24.3 Å². The third-order valence-electron chi connectivity index (χ3n) is 4.58. The largest absolute Gasteiger partial charge is 0.478 e. The quantitative estimate of drug-likeness (QED) is 0.431. The molecular formula is C22H17NO6S2. The van der Waals surface area contributed by atoms with Crippen molar-refractivity contribution < 1.29 is 26.9 Å². The van der Waals surface area contributed by atoms with Gasteiger partial charge < -0.3 is 9.52 Å². The average molecular weight is 456 g/mol. The van der Waals surface area contributed by atoms with Crippen LogP contribution < -0.4 is 4.72 Å². The second-order valence-electron chi connectivity index (χ2n) is 6.66. The standard InChI is InChI=1S/C22H17NO6S2/c24-22(25)17-9-3-1-8-16(17)14-30(26)20-12-6-4-10-18(20)23-31(27,28)21-13-15-7-2-5-11-19(15)29-21/h1-13,23H,14H2,(H,24,25). The Morgan fingerprint density at radius 2 is 1.65 bits per heavy atom. The monoisotopic (exact) mass is 455 g/mol. The SMILES string of the molecule is O=C(O)c1ccccc1CS(=O)c1ccccc1NS(=O)(=O)c1cc2ccccc2o1. The zero-order chi connectivity index (χ0) is 22.0. The summed E-state index contributed by atoms with van der Waals surface area (Å²) >= 11 is 0.